The minimum absolute atomic E-state index is 0.334. The van der Waals surface area contributed by atoms with E-state index < -0.39 is 0 Å². The highest BCUT2D eigenvalue weighted by Crippen LogP contribution is 2.36. The second-order valence-electron chi connectivity index (χ2n) is 3.56. The van der Waals surface area contributed by atoms with Crippen LogP contribution in [-0.2, 0) is 0 Å². The number of allylic oxidation sites excluding steroid dienone is 4. The zero-order chi connectivity index (χ0) is 17.0. The van der Waals surface area contributed by atoms with E-state index in [1.165, 1.54) is 12.1 Å². The Bertz CT molecular complexity index is 528. The lowest BCUT2D eigenvalue weighted by molar-refractivity contribution is 0.314. The van der Waals surface area contributed by atoms with Crippen molar-refractivity contribution in [1.29, 1.82) is 0 Å². The first-order valence-electron chi connectivity index (χ1n) is 8.05. The van der Waals surface area contributed by atoms with Crippen molar-refractivity contribution in [3.63, 3.8) is 0 Å². The van der Waals surface area contributed by atoms with Crippen LogP contribution in [0.25, 0.3) is 0 Å². The SMILES string of the molecule is CC.CC.CC.Fc1ccc2c(c1)OC1=C(C=CCC=C1)O2. The molecule has 1 aromatic carbocycles. The van der Waals surface area contributed by atoms with E-state index in [0.717, 1.165) is 6.42 Å². The van der Waals surface area contributed by atoms with Crippen LogP contribution in [-0.4, -0.2) is 0 Å². The molecule has 2 aliphatic rings. The fourth-order valence-corrected chi connectivity index (χ4v) is 1.64. The lowest BCUT2D eigenvalue weighted by Gasteiger charge is -2.20. The van der Waals surface area contributed by atoms with E-state index in [0.29, 0.717) is 23.0 Å². The predicted molar refractivity (Wildman–Crippen MR) is 91.6 cm³/mol. The van der Waals surface area contributed by atoms with Crippen LogP contribution in [0.3, 0.4) is 0 Å². The van der Waals surface area contributed by atoms with Crippen molar-refractivity contribution < 1.29 is 13.9 Å². The van der Waals surface area contributed by atoms with Crippen LogP contribution in [0.5, 0.6) is 11.5 Å². The molecule has 0 aromatic heterocycles. The van der Waals surface area contributed by atoms with Crippen molar-refractivity contribution in [2.24, 2.45) is 0 Å². The first-order chi connectivity index (χ1) is 10.8. The van der Waals surface area contributed by atoms with Gasteiger partial charge in [0, 0.05) is 6.07 Å². The summed E-state index contributed by atoms with van der Waals surface area (Å²) in [5.74, 6) is 1.90. The average Bonchev–Trinajstić information content (AvgIpc) is 2.83. The molecule has 1 aliphatic carbocycles. The molecule has 1 aromatic rings. The highest BCUT2D eigenvalue weighted by atomic mass is 19.1. The van der Waals surface area contributed by atoms with E-state index in [2.05, 4.69) is 0 Å². The summed E-state index contributed by atoms with van der Waals surface area (Å²) in [5, 5.41) is 0. The third kappa shape index (κ3) is 5.40. The number of halogens is 1. The summed E-state index contributed by atoms with van der Waals surface area (Å²) >= 11 is 0. The van der Waals surface area contributed by atoms with Gasteiger partial charge in [-0.15, -0.1) is 0 Å². The first kappa shape index (κ1) is 20.0. The molecule has 1 aliphatic heterocycles. The average molecular weight is 306 g/mol. The number of fused-ring (bicyclic) bond motifs is 1. The molecule has 0 atom stereocenters. The molecule has 0 saturated heterocycles. The van der Waals surface area contributed by atoms with Crippen molar-refractivity contribution in [3.05, 3.63) is 59.8 Å². The normalized spacial score (nSPS) is 13.2. The van der Waals surface area contributed by atoms with E-state index in [1.807, 2.05) is 65.8 Å². The topological polar surface area (TPSA) is 18.5 Å². The van der Waals surface area contributed by atoms with Crippen LogP contribution in [0.1, 0.15) is 48.0 Å². The van der Waals surface area contributed by atoms with E-state index in [1.54, 1.807) is 6.07 Å². The van der Waals surface area contributed by atoms with Crippen LogP contribution in [0, 0.1) is 5.82 Å². The molecule has 22 heavy (non-hydrogen) atoms. The zero-order valence-electron chi connectivity index (χ0n) is 14.4. The Morgan fingerprint density at radius 3 is 1.82 bits per heavy atom. The fourth-order valence-electron chi connectivity index (χ4n) is 1.64. The molecule has 0 fully saturated rings. The molecule has 0 spiro atoms. The minimum Gasteiger partial charge on any atom is -0.450 e. The lowest BCUT2D eigenvalue weighted by atomic mass is 10.2. The van der Waals surface area contributed by atoms with Gasteiger partial charge in [0.25, 0.3) is 0 Å². The van der Waals surface area contributed by atoms with Gasteiger partial charge >= 0.3 is 0 Å². The Balaban J connectivity index is 0.000000661. The first-order valence-corrected chi connectivity index (χ1v) is 8.05. The predicted octanol–water partition coefficient (Wildman–Crippen LogP) is 6.40. The van der Waals surface area contributed by atoms with Gasteiger partial charge in [0.05, 0.1) is 0 Å². The smallest absolute Gasteiger partial charge is 0.173 e. The molecular weight excluding hydrogens is 279 g/mol. The molecule has 0 amide bonds. The molecule has 2 nitrogen and oxygen atoms in total. The van der Waals surface area contributed by atoms with Crippen molar-refractivity contribution >= 4 is 0 Å². The van der Waals surface area contributed by atoms with Crippen LogP contribution in [0.2, 0.25) is 0 Å². The Kier molecular flexibility index (Phi) is 10.5. The van der Waals surface area contributed by atoms with Crippen LogP contribution in [0.15, 0.2) is 54.0 Å². The van der Waals surface area contributed by atoms with Crippen molar-refractivity contribution in [2.45, 2.75) is 48.0 Å². The van der Waals surface area contributed by atoms with E-state index in [9.17, 15) is 4.39 Å². The van der Waals surface area contributed by atoms with Gasteiger partial charge in [0.1, 0.15) is 5.82 Å². The Morgan fingerprint density at radius 2 is 1.27 bits per heavy atom. The van der Waals surface area contributed by atoms with Gasteiger partial charge < -0.3 is 9.47 Å². The van der Waals surface area contributed by atoms with Crippen molar-refractivity contribution in [3.8, 4) is 11.5 Å². The molecule has 122 valence electrons. The second kappa shape index (κ2) is 11.6. The molecule has 1 heterocycles. The van der Waals surface area contributed by atoms with Gasteiger partial charge in [-0.05, 0) is 30.7 Å². The Morgan fingerprint density at radius 1 is 0.773 bits per heavy atom. The van der Waals surface area contributed by atoms with Gasteiger partial charge in [0.15, 0.2) is 23.0 Å². The summed E-state index contributed by atoms with van der Waals surface area (Å²) in [6.07, 6.45) is 8.48. The third-order valence-corrected chi connectivity index (χ3v) is 2.40. The van der Waals surface area contributed by atoms with Gasteiger partial charge in [-0.1, -0.05) is 53.7 Å². The molecule has 0 N–H and O–H groups in total. The molecule has 0 bridgehead atoms. The second-order valence-corrected chi connectivity index (χ2v) is 3.56. The zero-order valence-corrected chi connectivity index (χ0v) is 14.4. The number of hydrogen-bond acceptors (Lipinski definition) is 2. The summed E-state index contributed by atoms with van der Waals surface area (Å²) in [4.78, 5) is 0. The molecule has 3 heteroatoms. The highest BCUT2D eigenvalue weighted by Gasteiger charge is 2.19. The molecular formula is C19H27FO2. The number of rotatable bonds is 0. The van der Waals surface area contributed by atoms with Crippen LogP contribution >= 0.6 is 0 Å². The third-order valence-electron chi connectivity index (χ3n) is 2.40. The lowest BCUT2D eigenvalue weighted by Crippen LogP contribution is -2.09. The van der Waals surface area contributed by atoms with Gasteiger partial charge in [0.2, 0.25) is 0 Å². The Labute approximate surface area is 134 Å². The van der Waals surface area contributed by atoms with Crippen LogP contribution < -0.4 is 9.47 Å². The maximum absolute atomic E-state index is 13.0. The monoisotopic (exact) mass is 306 g/mol. The fraction of sp³-hybridized carbons (Fsp3) is 0.368. The summed E-state index contributed by atoms with van der Waals surface area (Å²) in [6, 6.07) is 4.24. The van der Waals surface area contributed by atoms with Crippen molar-refractivity contribution in [1.82, 2.24) is 0 Å². The van der Waals surface area contributed by atoms with Gasteiger partial charge in [-0.2, -0.15) is 0 Å². The van der Waals surface area contributed by atoms with Gasteiger partial charge in [-0.25, -0.2) is 4.39 Å². The number of hydrogen-bond donors (Lipinski definition) is 0. The maximum Gasteiger partial charge on any atom is 0.173 e. The molecule has 0 saturated carbocycles. The highest BCUT2D eigenvalue weighted by molar-refractivity contribution is 5.48. The molecule has 0 unspecified atom stereocenters. The quantitative estimate of drug-likeness (QED) is 0.552. The van der Waals surface area contributed by atoms with E-state index >= 15 is 0 Å². The summed E-state index contributed by atoms with van der Waals surface area (Å²) in [5.41, 5.74) is 0. The van der Waals surface area contributed by atoms with Crippen LogP contribution in [0.4, 0.5) is 4.39 Å². The van der Waals surface area contributed by atoms with E-state index in [4.69, 9.17) is 9.47 Å². The summed E-state index contributed by atoms with van der Waals surface area (Å²) < 4.78 is 24.2. The number of benzene rings is 1. The number of ether oxygens (including phenoxy) is 2. The Hall–Kier alpha value is -2.03. The maximum atomic E-state index is 13.0. The minimum atomic E-state index is -0.334. The summed E-state index contributed by atoms with van der Waals surface area (Å²) in [6.45, 7) is 12.0. The largest absolute Gasteiger partial charge is 0.450 e. The standard InChI is InChI=1S/C13H9FO2.3C2H6/c14-9-6-7-12-13(8-9)16-11-5-3-1-2-4-10(11)15-12;3*1-2/h2-8H,1H2;3*1-2H3. The molecule has 0 radical (unpaired) electrons. The van der Waals surface area contributed by atoms with Crippen molar-refractivity contribution in [2.75, 3.05) is 0 Å². The van der Waals surface area contributed by atoms with E-state index in [-0.39, 0.29) is 5.82 Å². The van der Waals surface area contributed by atoms with Gasteiger partial charge in [-0.3, -0.25) is 0 Å². The molecule has 3 rings (SSSR count). The summed E-state index contributed by atoms with van der Waals surface area (Å²) in [7, 11) is 0.